The maximum atomic E-state index is 11.1. The molecule has 5 heteroatoms. The van der Waals surface area contributed by atoms with Gasteiger partial charge in [-0.3, -0.25) is 0 Å². The Morgan fingerprint density at radius 3 is 2.68 bits per heavy atom. The van der Waals surface area contributed by atoms with Crippen molar-refractivity contribution in [1.82, 2.24) is 0 Å². The van der Waals surface area contributed by atoms with Gasteiger partial charge in [0.15, 0.2) is 6.61 Å². The minimum atomic E-state index is -0.431. The highest BCUT2D eigenvalue weighted by Gasteiger charge is 2.09. The van der Waals surface area contributed by atoms with Crippen LogP contribution < -0.4 is 4.74 Å². The largest absolute Gasteiger partial charge is 0.481 e. The van der Waals surface area contributed by atoms with Gasteiger partial charge in [0.2, 0.25) is 0 Å². The Kier molecular flexibility index (Phi) is 4.26. The molecule has 0 bridgehead atoms. The highest BCUT2D eigenvalue weighted by atomic mass is 32.2. The molecule has 0 spiro atoms. The van der Waals surface area contributed by atoms with Crippen LogP contribution in [0.4, 0.5) is 0 Å². The molecule has 4 nitrogen and oxygen atoms in total. The number of ether oxygens (including phenoxy) is 2. The summed E-state index contributed by atoms with van der Waals surface area (Å²) in [6.45, 7) is -0.134. The lowest BCUT2D eigenvalue weighted by molar-refractivity contribution is -0.142. The molecule has 0 aromatic heterocycles. The van der Waals surface area contributed by atoms with Crippen LogP contribution in [-0.2, 0) is 9.53 Å². The van der Waals surface area contributed by atoms with Crippen LogP contribution in [0, 0.1) is 10.7 Å². The second kappa shape index (κ2) is 6.12. The standard InChI is InChI=1S/C14H11NO3S/c1-17-14(16)8-18-12-6-7-13(19-9-15)11-5-3-2-4-10(11)12/h2-7H,8H2,1H3. The lowest BCUT2D eigenvalue weighted by Gasteiger charge is -2.10. The van der Waals surface area contributed by atoms with Crippen molar-refractivity contribution in [2.75, 3.05) is 13.7 Å². The third-order valence-electron chi connectivity index (χ3n) is 2.57. The van der Waals surface area contributed by atoms with Crippen molar-refractivity contribution in [2.24, 2.45) is 0 Å². The quantitative estimate of drug-likeness (QED) is 0.487. The van der Waals surface area contributed by atoms with Crippen LogP contribution in [0.5, 0.6) is 5.75 Å². The predicted molar refractivity (Wildman–Crippen MR) is 72.9 cm³/mol. The Morgan fingerprint density at radius 2 is 2.00 bits per heavy atom. The van der Waals surface area contributed by atoms with E-state index in [2.05, 4.69) is 10.1 Å². The van der Waals surface area contributed by atoms with Crippen molar-refractivity contribution < 1.29 is 14.3 Å². The van der Waals surface area contributed by atoms with Crippen LogP contribution in [0.25, 0.3) is 10.8 Å². The summed E-state index contributed by atoms with van der Waals surface area (Å²) in [5.74, 6) is 0.169. The molecule has 0 amide bonds. The van der Waals surface area contributed by atoms with Crippen molar-refractivity contribution in [3.8, 4) is 11.2 Å². The lowest BCUT2D eigenvalue weighted by Crippen LogP contribution is -2.12. The molecule has 96 valence electrons. The van der Waals surface area contributed by atoms with E-state index in [0.717, 1.165) is 27.4 Å². The second-order valence-electron chi connectivity index (χ2n) is 3.67. The van der Waals surface area contributed by atoms with Gasteiger partial charge in [-0.25, -0.2) is 4.79 Å². The van der Waals surface area contributed by atoms with Crippen LogP contribution in [0.3, 0.4) is 0 Å². The van der Waals surface area contributed by atoms with Crippen LogP contribution in [0.1, 0.15) is 0 Å². The topological polar surface area (TPSA) is 59.3 Å². The zero-order valence-electron chi connectivity index (χ0n) is 10.3. The number of thioether (sulfide) groups is 1. The Balaban J connectivity index is 2.38. The molecule has 2 aromatic rings. The Labute approximate surface area is 114 Å². The van der Waals surface area contributed by atoms with Gasteiger partial charge in [0, 0.05) is 15.7 Å². The highest BCUT2D eigenvalue weighted by molar-refractivity contribution is 8.04. The van der Waals surface area contributed by atoms with E-state index in [1.807, 2.05) is 30.3 Å². The fraction of sp³-hybridized carbons (Fsp3) is 0.143. The first kappa shape index (κ1) is 13.2. The summed E-state index contributed by atoms with van der Waals surface area (Å²) in [5, 5.41) is 12.6. The normalized spacial score (nSPS) is 9.89. The molecular weight excluding hydrogens is 262 g/mol. The number of rotatable bonds is 4. The highest BCUT2D eigenvalue weighted by Crippen LogP contribution is 2.33. The van der Waals surface area contributed by atoms with Gasteiger partial charge >= 0.3 is 5.97 Å². The summed E-state index contributed by atoms with van der Waals surface area (Å²) in [6.07, 6.45) is 0. The average molecular weight is 273 g/mol. The molecule has 19 heavy (non-hydrogen) atoms. The van der Waals surface area contributed by atoms with E-state index >= 15 is 0 Å². The predicted octanol–water partition coefficient (Wildman–Crippen LogP) is 2.96. The molecular formula is C14H11NO3S. The van der Waals surface area contributed by atoms with Gasteiger partial charge in [0.1, 0.15) is 11.2 Å². The van der Waals surface area contributed by atoms with Gasteiger partial charge in [0.05, 0.1) is 7.11 Å². The molecule has 0 aliphatic rings. The molecule has 0 N–H and O–H groups in total. The zero-order chi connectivity index (χ0) is 13.7. The van der Waals surface area contributed by atoms with E-state index in [-0.39, 0.29) is 6.61 Å². The van der Waals surface area contributed by atoms with E-state index in [9.17, 15) is 4.79 Å². The van der Waals surface area contributed by atoms with Gasteiger partial charge < -0.3 is 9.47 Å². The molecule has 0 heterocycles. The smallest absolute Gasteiger partial charge is 0.343 e. The minimum Gasteiger partial charge on any atom is -0.481 e. The SMILES string of the molecule is COC(=O)COc1ccc(SC#N)c2ccccc12. The lowest BCUT2D eigenvalue weighted by atomic mass is 10.1. The number of methoxy groups -OCH3 is 1. The summed E-state index contributed by atoms with van der Waals surface area (Å²) in [6, 6.07) is 11.2. The molecule has 0 unspecified atom stereocenters. The zero-order valence-corrected chi connectivity index (χ0v) is 11.1. The van der Waals surface area contributed by atoms with Gasteiger partial charge in [-0.15, -0.1) is 0 Å². The molecule has 0 aliphatic heterocycles. The molecule has 0 radical (unpaired) electrons. The number of nitrogens with zero attached hydrogens (tertiary/aromatic N) is 1. The molecule has 0 saturated carbocycles. The van der Waals surface area contributed by atoms with Crippen LogP contribution in [0.2, 0.25) is 0 Å². The summed E-state index contributed by atoms with van der Waals surface area (Å²) >= 11 is 1.10. The Morgan fingerprint density at radius 1 is 1.26 bits per heavy atom. The van der Waals surface area contributed by atoms with E-state index in [1.165, 1.54) is 7.11 Å². The molecule has 2 rings (SSSR count). The number of hydrogen-bond donors (Lipinski definition) is 0. The maximum Gasteiger partial charge on any atom is 0.343 e. The van der Waals surface area contributed by atoms with Gasteiger partial charge in [-0.2, -0.15) is 5.26 Å². The van der Waals surface area contributed by atoms with Crippen molar-refractivity contribution in [3.05, 3.63) is 36.4 Å². The van der Waals surface area contributed by atoms with Crippen molar-refractivity contribution in [1.29, 1.82) is 5.26 Å². The van der Waals surface area contributed by atoms with Gasteiger partial charge in [0.25, 0.3) is 0 Å². The van der Waals surface area contributed by atoms with E-state index in [4.69, 9.17) is 10.00 Å². The monoisotopic (exact) mass is 273 g/mol. The van der Waals surface area contributed by atoms with Crippen LogP contribution in [0.15, 0.2) is 41.3 Å². The number of hydrogen-bond acceptors (Lipinski definition) is 5. The first-order valence-corrected chi connectivity index (χ1v) is 6.35. The minimum absolute atomic E-state index is 0.134. The summed E-state index contributed by atoms with van der Waals surface area (Å²) in [7, 11) is 1.32. The molecule has 0 fully saturated rings. The third kappa shape index (κ3) is 2.98. The Bertz CT molecular complexity index is 649. The third-order valence-corrected chi connectivity index (χ3v) is 3.24. The fourth-order valence-corrected chi connectivity index (χ4v) is 2.23. The molecule has 0 saturated heterocycles. The van der Waals surface area contributed by atoms with E-state index < -0.39 is 5.97 Å². The number of carbonyl (C=O) groups is 1. The summed E-state index contributed by atoms with van der Waals surface area (Å²) in [4.78, 5) is 12.0. The van der Waals surface area contributed by atoms with E-state index in [1.54, 1.807) is 6.07 Å². The van der Waals surface area contributed by atoms with E-state index in [0.29, 0.717) is 5.75 Å². The maximum absolute atomic E-state index is 11.1. The number of carbonyl (C=O) groups excluding carboxylic acids is 1. The fourth-order valence-electron chi connectivity index (χ4n) is 1.70. The molecule has 2 aromatic carbocycles. The average Bonchev–Trinajstić information content (AvgIpc) is 2.46. The first-order chi connectivity index (χ1) is 9.26. The summed E-state index contributed by atoms with van der Waals surface area (Å²) in [5.41, 5.74) is 0. The van der Waals surface area contributed by atoms with Crippen LogP contribution in [-0.4, -0.2) is 19.7 Å². The first-order valence-electron chi connectivity index (χ1n) is 5.53. The number of esters is 1. The van der Waals surface area contributed by atoms with Crippen molar-refractivity contribution in [2.45, 2.75) is 4.90 Å². The number of benzene rings is 2. The number of thiocyanates is 1. The van der Waals surface area contributed by atoms with Gasteiger partial charge in [-0.1, -0.05) is 24.3 Å². The number of fused-ring (bicyclic) bond motifs is 1. The Hall–Kier alpha value is -2.19. The van der Waals surface area contributed by atoms with Crippen molar-refractivity contribution in [3.63, 3.8) is 0 Å². The molecule has 0 atom stereocenters. The summed E-state index contributed by atoms with van der Waals surface area (Å²) < 4.78 is 9.97. The van der Waals surface area contributed by atoms with Crippen LogP contribution >= 0.6 is 11.8 Å². The second-order valence-corrected chi connectivity index (χ2v) is 4.49. The molecule has 0 aliphatic carbocycles. The van der Waals surface area contributed by atoms with Gasteiger partial charge in [-0.05, 0) is 23.9 Å². The van der Waals surface area contributed by atoms with Crippen molar-refractivity contribution >= 4 is 28.5 Å². The number of nitriles is 1.